The molecule has 0 aliphatic heterocycles. The third kappa shape index (κ3) is 19.6. The Hall–Kier alpha value is -0.980. The minimum absolute atomic E-state index is 0.624. The van der Waals surface area contributed by atoms with Gasteiger partial charge in [0.25, 0.3) is 0 Å². The molecule has 1 aromatic carbocycles. The molecule has 3 aromatic heterocycles. The Morgan fingerprint density at radius 2 is 0.689 bits per heavy atom. The maximum atomic E-state index is 7.32. The minimum atomic E-state index is 0.624. The molecule has 0 N–H and O–H groups in total. The maximum absolute atomic E-state index is 7.32. The van der Waals surface area contributed by atoms with Crippen LogP contribution in [0.3, 0.4) is 0 Å². The zero-order valence-electron chi connectivity index (χ0n) is 39.4. The van der Waals surface area contributed by atoms with Crippen LogP contribution in [0.1, 0.15) is 244 Å². The number of nitrogens with zero attached hydrogens (tertiary/aromatic N) is 2. The van der Waals surface area contributed by atoms with Gasteiger partial charge in [-0.25, -0.2) is 0 Å². The Bertz CT molecular complexity index is 1570. The van der Waals surface area contributed by atoms with Gasteiger partial charge in [0, 0.05) is 20.9 Å². The largest absolute Gasteiger partial charge is 0.172 e. The Balaban J connectivity index is 1.43. The molecule has 4 aromatic rings. The van der Waals surface area contributed by atoms with E-state index in [1.54, 1.807) is 22.7 Å². The summed E-state index contributed by atoms with van der Waals surface area (Å²) in [6, 6.07) is 4.78. The summed E-state index contributed by atoms with van der Waals surface area (Å²) in [7, 11) is 0. The zero-order valence-corrected chi connectivity index (χ0v) is 43.3. The smallest absolute Gasteiger partial charge is 0.115 e. The topological polar surface area (TPSA) is 25.8 Å². The van der Waals surface area contributed by atoms with E-state index >= 15 is 0 Å². The molecular weight excluding hydrogens is 844 g/mol. The molecule has 4 rings (SSSR count). The molecule has 0 saturated heterocycles. The first kappa shape index (κ1) is 52.6. The summed E-state index contributed by atoms with van der Waals surface area (Å²) in [5.74, 6) is 1.49. The summed E-state index contributed by atoms with van der Waals surface area (Å²) in [5.41, 5.74) is 6.60. The molecule has 2 unspecified atom stereocenters. The van der Waals surface area contributed by atoms with Crippen LogP contribution in [0, 0.1) is 11.8 Å². The van der Waals surface area contributed by atoms with E-state index in [0.29, 0.717) is 10.0 Å². The Morgan fingerprint density at radius 3 is 0.984 bits per heavy atom. The van der Waals surface area contributed by atoms with Crippen molar-refractivity contribution >= 4 is 68.6 Å². The van der Waals surface area contributed by atoms with E-state index in [9.17, 15) is 0 Å². The van der Waals surface area contributed by atoms with E-state index in [2.05, 4.69) is 50.6 Å². The number of rotatable bonds is 38. The van der Waals surface area contributed by atoms with Gasteiger partial charge >= 0.3 is 0 Å². The monoisotopic (exact) mass is 929 g/mol. The van der Waals surface area contributed by atoms with E-state index in [0.717, 1.165) is 46.8 Å². The molecular formula is C54H86Cl2N2S3. The first-order valence-corrected chi connectivity index (χ1v) is 29.0. The molecule has 0 bridgehead atoms. The summed E-state index contributed by atoms with van der Waals surface area (Å²) in [6.07, 6.45) is 46.3. The molecule has 344 valence electrons. The average molecular weight is 930 g/mol. The lowest BCUT2D eigenvalue weighted by Crippen LogP contribution is -2.05. The van der Waals surface area contributed by atoms with Crippen LogP contribution in [0.25, 0.3) is 31.9 Å². The fourth-order valence-electron chi connectivity index (χ4n) is 9.55. The van der Waals surface area contributed by atoms with Gasteiger partial charge in [0.1, 0.15) is 11.0 Å². The van der Waals surface area contributed by atoms with Gasteiger partial charge in [-0.15, -0.1) is 22.7 Å². The van der Waals surface area contributed by atoms with Gasteiger partial charge in [-0.2, -0.15) is 8.75 Å². The molecule has 0 amide bonds. The fraction of sp³-hybridized carbons (Fsp3) is 0.741. The van der Waals surface area contributed by atoms with Crippen molar-refractivity contribution in [2.24, 2.45) is 11.8 Å². The van der Waals surface area contributed by atoms with Crippen LogP contribution in [-0.4, -0.2) is 8.75 Å². The van der Waals surface area contributed by atoms with Crippen LogP contribution in [0.2, 0.25) is 10.0 Å². The van der Waals surface area contributed by atoms with E-state index in [4.69, 9.17) is 31.9 Å². The molecule has 0 fully saturated rings. The number of thiophene rings is 2. The van der Waals surface area contributed by atoms with Crippen molar-refractivity contribution in [3.8, 4) is 20.9 Å². The average Bonchev–Trinajstić information content (AvgIpc) is 4.05. The van der Waals surface area contributed by atoms with Crippen LogP contribution in [0.4, 0.5) is 0 Å². The second-order valence-corrected chi connectivity index (χ2v) is 21.9. The number of benzene rings is 1. The Labute approximate surface area is 397 Å². The fourth-order valence-corrected chi connectivity index (χ4v) is 12.7. The highest BCUT2D eigenvalue weighted by atomic mass is 35.5. The summed E-state index contributed by atoms with van der Waals surface area (Å²) in [6.45, 7) is 9.24. The SMILES string of the molecule is CCCCCCCCCCC(CCCCCCCC)Cc1csc(-c2c(Cl)c(Cl)c(-c3cc(CC(CCCCCCCC)CCCCCCCCCC)cs3)c3nsnc23)c1. The summed E-state index contributed by atoms with van der Waals surface area (Å²) in [5, 5.41) is 6.00. The maximum Gasteiger partial charge on any atom is 0.115 e. The van der Waals surface area contributed by atoms with Crippen LogP contribution < -0.4 is 0 Å². The summed E-state index contributed by atoms with van der Waals surface area (Å²) >= 11 is 19.5. The number of hydrogen-bond donors (Lipinski definition) is 0. The highest BCUT2D eigenvalue weighted by Crippen LogP contribution is 2.49. The minimum Gasteiger partial charge on any atom is -0.172 e. The molecule has 0 radical (unpaired) electrons. The number of hydrogen-bond acceptors (Lipinski definition) is 5. The van der Waals surface area contributed by atoms with Crippen LogP contribution in [-0.2, 0) is 12.8 Å². The normalized spacial score (nSPS) is 12.9. The number of unbranched alkanes of at least 4 members (excludes halogenated alkanes) is 24. The molecule has 0 spiro atoms. The van der Waals surface area contributed by atoms with Gasteiger partial charge in [-0.05, 0) is 58.7 Å². The number of aromatic nitrogens is 2. The molecule has 3 heterocycles. The molecule has 0 aliphatic carbocycles. The third-order valence-corrected chi connectivity index (χ3v) is 16.7. The van der Waals surface area contributed by atoms with Crippen LogP contribution >= 0.6 is 57.6 Å². The van der Waals surface area contributed by atoms with Gasteiger partial charge < -0.3 is 0 Å². The van der Waals surface area contributed by atoms with Crippen molar-refractivity contribution in [2.45, 2.75) is 246 Å². The molecule has 0 aliphatic rings. The van der Waals surface area contributed by atoms with E-state index in [1.807, 2.05) is 0 Å². The number of halogens is 2. The van der Waals surface area contributed by atoms with Crippen molar-refractivity contribution in [2.75, 3.05) is 0 Å². The molecule has 61 heavy (non-hydrogen) atoms. The van der Waals surface area contributed by atoms with Crippen molar-refractivity contribution in [1.82, 2.24) is 8.75 Å². The van der Waals surface area contributed by atoms with Crippen molar-refractivity contribution < 1.29 is 0 Å². The van der Waals surface area contributed by atoms with Gasteiger partial charge in [0.15, 0.2) is 0 Å². The highest BCUT2D eigenvalue weighted by molar-refractivity contribution is 7.14. The highest BCUT2D eigenvalue weighted by Gasteiger charge is 2.25. The van der Waals surface area contributed by atoms with Crippen molar-refractivity contribution in [3.05, 3.63) is 44.1 Å². The van der Waals surface area contributed by atoms with Gasteiger partial charge in [-0.3, -0.25) is 0 Å². The van der Waals surface area contributed by atoms with Gasteiger partial charge in [-0.1, -0.05) is 256 Å². The summed E-state index contributed by atoms with van der Waals surface area (Å²) < 4.78 is 9.78. The second-order valence-electron chi connectivity index (χ2n) is 18.8. The van der Waals surface area contributed by atoms with Crippen molar-refractivity contribution in [3.63, 3.8) is 0 Å². The zero-order chi connectivity index (χ0) is 43.3. The van der Waals surface area contributed by atoms with Crippen LogP contribution in [0.5, 0.6) is 0 Å². The van der Waals surface area contributed by atoms with Gasteiger partial charge in [0.2, 0.25) is 0 Å². The summed E-state index contributed by atoms with van der Waals surface area (Å²) in [4.78, 5) is 2.34. The van der Waals surface area contributed by atoms with E-state index < -0.39 is 0 Å². The van der Waals surface area contributed by atoms with E-state index in [1.165, 1.54) is 238 Å². The van der Waals surface area contributed by atoms with Crippen LogP contribution in [0.15, 0.2) is 22.9 Å². The first-order valence-electron chi connectivity index (χ1n) is 25.8. The van der Waals surface area contributed by atoms with Crippen molar-refractivity contribution in [1.29, 1.82) is 0 Å². The third-order valence-electron chi connectivity index (χ3n) is 13.3. The lowest BCUT2D eigenvalue weighted by molar-refractivity contribution is 0.400. The molecule has 2 atom stereocenters. The van der Waals surface area contributed by atoms with Gasteiger partial charge in [0.05, 0.1) is 21.8 Å². The lowest BCUT2D eigenvalue weighted by Gasteiger charge is -2.17. The quantitative estimate of drug-likeness (QED) is 0.0419. The molecule has 7 heteroatoms. The standard InChI is InChI=1S/C54H86Cl2N2S3/c1-5-9-13-17-21-23-27-31-35-43(33-29-25-19-15-11-7-3)37-45-39-47(59-41-45)49-51(55)52(56)50(54-53(49)57-61-58-54)48-40-46(42-60-48)38-44(34-30-26-20-16-12-8-4)36-32-28-24-22-18-14-10-6-2/h39-44H,5-38H2,1-4H3. The number of fused-ring (bicyclic) bond motifs is 1. The predicted octanol–water partition coefficient (Wildman–Crippen LogP) is 21.3. The second kappa shape index (κ2) is 32.6. The molecule has 2 nitrogen and oxygen atoms in total. The first-order chi connectivity index (χ1) is 30.0. The lowest BCUT2D eigenvalue weighted by atomic mass is 9.89. The Morgan fingerprint density at radius 1 is 0.410 bits per heavy atom. The molecule has 0 saturated carbocycles. The van der Waals surface area contributed by atoms with E-state index in [-0.39, 0.29) is 0 Å². The predicted molar refractivity (Wildman–Crippen MR) is 279 cm³/mol. The Kier molecular flexibility index (Phi) is 28.2.